The number of aromatic nitrogens is 3. The Morgan fingerprint density at radius 3 is 2.85 bits per heavy atom. The highest BCUT2D eigenvalue weighted by Gasteiger charge is 2.28. The Labute approximate surface area is 152 Å². The predicted molar refractivity (Wildman–Crippen MR) is 98.6 cm³/mol. The molecule has 2 unspecified atom stereocenters. The molecule has 0 amide bonds. The molecule has 134 valence electrons. The SMILES string of the molecule is c1ccc2c(c1)OCC(CN1CCCC(n3nnc4ccccc43)C1)O2. The first-order valence-electron chi connectivity index (χ1n) is 9.27. The van der Waals surface area contributed by atoms with Crippen LogP contribution in [0.2, 0.25) is 0 Å². The lowest BCUT2D eigenvalue weighted by atomic mass is 10.0. The van der Waals surface area contributed by atoms with Gasteiger partial charge in [0.25, 0.3) is 0 Å². The van der Waals surface area contributed by atoms with Gasteiger partial charge in [0.05, 0.1) is 11.6 Å². The van der Waals surface area contributed by atoms with E-state index in [0.717, 1.165) is 55.0 Å². The van der Waals surface area contributed by atoms with Gasteiger partial charge >= 0.3 is 0 Å². The normalized spacial score (nSPS) is 23.2. The fraction of sp³-hybridized carbons (Fsp3) is 0.400. The number of rotatable bonds is 3. The highest BCUT2D eigenvalue weighted by Crippen LogP contribution is 2.31. The Morgan fingerprint density at radius 1 is 1.04 bits per heavy atom. The van der Waals surface area contributed by atoms with E-state index in [1.54, 1.807) is 0 Å². The van der Waals surface area contributed by atoms with Crippen molar-refractivity contribution in [3.8, 4) is 11.5 Å². The van der Waals surface area contributed by atoms with Crippen molar-refractivity contribution in [3.05, 3.63) is 48.5 Å². The first-order chi connectivity index (χ1) is 12.9. The van der Waals surface area contributed by atoms with Gasteiger partial charge in [-0.2, -0.15) is 0 Å². The summed E-state index contributed by atoms with van der Waals surface area (Å²) in [5.41, 5.74) is 2.08. The second-order valence-corrected chi connectivity index (χ2v) is 7.08. The van der Waals surface area contributed by atoms with Crippen LogP contribution in [0.15, 0.2) is 48.5 Å². The van der Waals surface area contributed by atoms with Crippen LogP contribution in [-0.4, -0.2) is 52.2 Å². The molecule has 0 radical (unpaired) electrons. The number of para-hydroxylation sites is 3. The van der Waals surface area contributed by atoms with Gasteiger partial charge in [-0.05, 0) is 43.7 Å². The Hall–Kier alpha value is -2.60. The van der Waals surface area contributed by atoms with Crippen LogP contribution in [0.4, 0.5) is 0 Å². The zero-order chi connectivity index (χ0) is 17.3. The van der Waals surface area contributed by atoms with Gasteiger partial charge in [0.2, 0.25) is 0 Å². The molecular formula is C20H22N4O2. The van der Waals surface area contributed by atoms with E-state index in [1.807, 2.05) is 42.5 Å². The van der Waals surface area contributed by atoms with Crippen molar-refractivity contribution in [1.29, 1.82) is 0 Å². The third kappa shape index (κ3) is 2.90. The summed E-state index contributed by atoms with van der Waals surface area (Å²) in [5.74, 6) is 1.69. The zero-order valence-corrected chi connectivity index (χ0v) is 14.6. The van der Waals surface area contributed by atoms with Gasteiger partial charge in [0.15, 0.2) is 11.5 Å². The second kappa shape index (κ2) is 6.61. The van der Waals surface area contributed by atoms with Gasteiger partial charge in [0.1, 0.15) is 18.2 Å². The van der Waals surface area contributed by atoms with Crippen LogP contribution < -0.4 is 9.47 Å². The summed E-state index contributed by atoms with van der Waals surface area (Å²) in [4.78, 5) is 2.46. The van der Waals surface area contributed by atoms with Gasteiger partial charge in [-0.25, -0.2) is 4.68 Å². The highest BCUT2D eigenvalue weighted by molar-refractivity contribution is 5.73. The van der Waals surface area contributed by atoms with Crippen LogP contribution in [-0.2, 0) is 0 Å². The number of piperidine rings is 1. The molecule has 2 aliphatic heterocycles. The molecule has 2 aromatic carbocycles. The van der Waals surface area contributed by atoms with E-state index in [-0.39, 0.29) is 6.10 Å². The van der Waals surface area contributed by atoms with Crippen LogP contribution >= 0.6 is 0 Å². The van der Waals surface area contributed by atoms with Crippen molar-refractivity contribution in [2.75, 3.05) is 26.2 Å². The van der Waals surface area contributed by atoms with Crippen LogP contribution in [0.25, 0.3) is 11.0 Å². The molecule has 0 N–H and O–H groups in total. The summed E-state index contributed by atoms with van der Waals surface area (Å²) in [6.07, 6.45) is 2.36. The van der Waals surface area contributed by atoms with Gasteiger partial charge in [0, 0.05) is 13.1 Å². The van der Waals surface area contributed by atoms with E-state index in [2.05, 4.69) is 26.0 Å². The van der Waals surface area contributed by atoms with Crippen molar-refractivity contribution >= 4 is 11.0 Å². The molecule has 6 heteroatoms. The van der Waals surface area contributed by atoms with E-state index in [0.29, 0.717) is 12.6 Å². The van der Waals surface area contributed by atoms with E-state index in [1.165, 1.54) is 0 Å². The number of hydrogen-bond donors (Lipinski definition) is 0. The van der Waals surface area contributed by atoms with Crippen LogP contribution in [0.5, 0.6) is 11.5 Å². The molecule has 2 atom stereocenters. The Morgan fingerprint density at radius 2 is 1.88 bits per heavy atom. The second-order valence-electron chi connectivity index (χ2n) is 7.08. The molecule has 1 fully saturated rings. The first-order valence-corrected chi connectivity index (χ1v) is 9.27. The molecule has 0 aliphatic carbocycles. The van der Waals surface area contributed by atoms with Crippen molar-refractivity contribution in [3.63, 3.8) is 0 Å². The number of ether oxygens (including phenoxy) is 2. The quantitative estimate of drug-likeness (QED) is 0.727. The molecule has 0 saturated carbocycles. The van der Waals surface area contributed by atoms with E-state index in [9.17, 15) is 0 Å². The van der Waals surface area contributed by atoms with Crippen molar-refractivity contribution < 1.29 is 9.47 Å². The highest BCUT2D eigenvalue weighted by atomic mass is 16.6. The molecule has 6 nitrogen and oxygen atoms in total. The molecule has 1 aromatic heterocycles. The molecule has 3 aromatic rings. The molecule has 5 rings (SSSR count). The number of nitrogens with zero attached hydrogens (tertiary/aromatic N) is 4. The number of likely N-dealkylation sites (tertiary alicyclic amines) is 1. The largest absolute Gasteiger partial charge is 0.486 e. The number of benzene rings is 2. The fourth-order valence-corrected chi connectivity index (χ4v) is 3.99. The van der Waals surface area contributed by atoms with Crippen molar-refractivity contribution in [2.45, 2.75) is 25.0 Å². The number of hydrogen-bond acceptors (Lipinski definition) is 5. The maximum Gasteiger partial charge on any atom is 0.161 e. The molecule has 1 saturated heterocycles. The summed E-state index contributed by atoms with van der Waals surface area (Å²) >= 11 is 0. The minimum absolute atomic E-state index is 0.0659. The van der Waals surface area contributed by atoms with Crippen LogP contribution in [0, 0.1) is 0 Å². The summed E-state index contributed by atoms with van der Waals surface area (Å²) < 4.78 is 14.1. The lowest BCUT2D eigenvalue weighted by Gasteiger charge is -2.36. The van der Waals surface area contributed by atoms with Gasteiger partial charge in [-0.1, -0.05) is 29.5 Å². The summed E-state index contributed by atoms with van der Waals surface area (Å²) in [6.45, 7) is 3.53. The third-order valence-corrected chi connectivity index (χ3v) is 5.23. The lowest BCUT2D eigenvalue weighted by molar-refractivity contribution is 0.0453. The first kappa shape index (κ1) is 15.6. The summed E-state index contributed by atoms with van der Waals surface area (Å²) in [7, 11) is 0. The Bertz CT molecular complexity index is 909. The molecule has 0 bridgehead atoms. The van der Waals surface area contributed by atoms with E-state index < -0.39 is 0 Å². The third-order valence-electron chi connectivity index (χ3n) is 5.23. The lowest BCUT2D eigenvalue weighted by Crippen LogP contribution is -2.45. The summed E-state index contributed by atoms with van der Waals surface area (Å²) in [5, 5.41) is 8.72. The smallest absolute Gasteiger partial charge is 0.161 e. The van der Waals surface area contributed by atoms with Gasteiger partial charge in [-0.15, -0.1) is 5.10 Å². The average molecular weight is 350 g/mol. The number of fused-ring (bicyclic) bond motifs is 2. The topological polar surface area (TPSA) is 52.4 Å². The van der Waals surface area contributed by atoms with Crippen molar-refractivity contribution in [1.82, 2.24) is 19.9 Å². The Balaban J connectivity index is 1.28. The molecule has 26 heavy (non-hydrogen) atoms. The summed E-state index contributed by atoms with van der Waals surface area (Å²) in [6, 6.07) is 16.4. The molecule has 2 aliphatic rings. The van der Waals surface area contributed by atoms with Crippen LogP contribution in [0.1, 0.15) is 18.9 Å². The van der Waals surface area contributed by atoms with Gasteiger partial charge < -0.3 is 9.47 Å². The van der Waals surface area contributed by atoms with E-state index >= 15 is 0 Å². The molecule has 0 spiro atoms. The van der Waals surface area contributed by atoms with E-state index in [4.69, 9.17) is 9.47 Å². The Kier molecular flexibility index (Phi) is 3.97. The maximum atomic E-state index is 6.13. The average Bonchev–Trinajstić information content (AvgIpc) is 3.12. The molecular weight excluding hydrogens is 328 g/mol. The van der Waals surface area contributed by atoms with Gasteiger partial charge in [-0.3, -0.25) is 4.90 Å². The predicted octanol–water partition coefficient (Wildman–Crippen LogP) is 2.91. The van der Waals surface area contributed by atoms with Crippen molar-refractivity contribution in [2.24, 2.45) is 0 Å². The molecule has 3 heterocycles. The van der Waals surface area contributed by atoms with Crippen LogP contribution in [0.3, 0.4) is 0 Å². The fourth-order valence-electron chi connectivity index (χ4n) is 3.99. The monoisotopic (exact) mass is 350 g/mol. The minimum Gasteiger partial charge on any atom is -0.486 e. The minimum atomic E-state index is 0.0659. The zero-order valence-electron chi connectivity index (χ0n) is 14.6. The maximum absolute atomic E-state index is 6.13. The standard InChI is InChI=1S/C20H22N4O2/c1-2-8-18-17(7-1)21-22-24(18)15-6-5-11-23(12-15)13-16-14-25-19-9-3-4-10-20(19)26-16/h1-4,7-10,15-16H,5-6,11-14H2.